The van der Waals surface area contributed by atoms with Gasteiger partial charge in [-0.3, -0.25) is 4.72 Å². The Hall–Kier alpha value is -2.18. The van der Waals surface area contributed by atoms with E-state index < -0.39 is 15.2 Å². The number of nitrogens with zero attached hydrogens (tertiary/aromatic N) is 1. The second-order valence-corrected chi connectivity index (χ2v) is 10.5. The Morgan fingerprint density at radius 1 is 1.41 bits per heavy atom. The summed E-state index contributed by atoms with van der Waals surface area (Å²) in [6.07, 6.45) is 2.88. The quantitative estimate of drug-likeness (QED) is 0.336. The Kier molecular flexibility index (Phi) is 7.63. The van der Waals surface area contributed by atoms with Crippen molar-refractivity contribution in [2.24, 2.45) is 17.4 Å². The summed E-state index contributed by atoms with van der Waals surface area (Å²) in [6.45, 7) is 2.51. The summed E-state index contributed by atoms with van der Waals surface area (Å²) in [7, 11) is -4.05. The summed E-state index contributed by atoms with van der Waals surface area (Å²) >= 11 is 6.89. The van der Waals surface area contributed by atoms with Crippen LogP contribution in [0.5, 0.6) is 0 Å². The maximum atomic E-state index is 13.1. The van der Waals surface area contributed by atoms with E-state index in [1.165, 1.54) is 6.08 Å². The molecule has 32 heavy (non-hydrogen) atoms. The van der Waals surface area contributed by atoms with E-state index in [1.54, 1.807) is 0 Å². The molecule has 1 aliphatic heterocycles. The summed E-state index contributed by atoms with van der Waals surface area (Å²) < 4.78 is 48.8. The Morgan fingerprint density at radius 3 is 2.72 bits per heavy atom. The molecular weight excluding hydrogens is 475 g/mol. The molecule has 0 saturated carbocycles. The molecule has 0 saturated heterocycles. The van der Waals surface area contributed by atoms with Gasteiger partial charge in [0.25, 0.3) is 10.0 Å². The molecule has 8 nitrogen and oxygen atoms in total. The third-order valence-electron chi connectivity index (χ3n) is 5.05. The van der Waals surface area contributed by atoms with Crippen molar-refractivity contribution in [3.63, 3.8) is 0 Å². The van der Waals surface area contributed by atoms with Crippen LogP contribution in [-0.4, -0.2) is 32.5 Å². The van der Waals surface area contributed by atoms with Crippen molar-refractivity contribution in [1.82, 2.24) is 15.6 Å². The molecule has 12 heteroatoms. The molecule has 1 aromatic carbocycles. The maximum Gasteiger partial charge on any atom is 0.261 e. The van der Waals surface area contributed by atoms with Crippen LogP contribution in [-0.2, 0) is 23.0 Å². The average Bonchev–Trinajstić information content (AvgIpc) is 3.16. The zero-order chi connectivity index (χ0) is 24.2. The van der Waals surface area contributed by atoms with Gasteiger partial charge in [-0.1, -0.05) is 47.2 Å². The second kappa shape index (κ2) is 10.6. The molecule has 2 atom stereocenters. The summed E-state index contributed by atoms with van der Waals surface area (Å²) in [6, 6.07) is 7.73. The Balaban J connectivity index is 1.73. The standard InChI is InChI=1S/C20H26ClFN6O2S2/c1-12(24)15(6-13-4-2-3-5-14(13)8-23)9-25-19-17(21)7-16(10-26-19)32(29,30)28-20-27-11-18(22)31-20/h2-5,7,11-12,15,25-26H,6,8-10,23-24H2,1H3,(H,27,28)/t12-,15+/m1/s1/i/hD. The lowest BCUT2D eigenvalue weighted by atomic mass is 9.91. The van der Waals surface area contributed by atoms with Gasteiger partial charge < -0.3 is 22.1 Å². The third-order valence-corrected chi connectivity index (χ3v) is 7.56. The van der Waals surface area contributed by atoms with E-state index in [1.807, 2.05) is 31.2 Å². The molecule has 0 unspecified atom stereocenters. The van der Waals surface area contributed by atoms with Crippen LogP contribution in [0.3, 0.4) is 0 Å². The van der Waals surface area contributed by atoms with E-state index in [2.05, 4.69) is 15.0 Å². The van der Waals surface area contributed by atoms with Gasteiger partial charge in [-0.25, -0.2) is 13.4 Å². The molecule has 0 amide bonds. The first-order valence-corrected chi connectivity index (χ1v) is 12.6. The lowest BCUT2D eigenvalue weighted by Gasteiger charge is -2.26. The monoisotopic (exact) mass is 501 g/mol. The number of hydrogen-bond acceptors (Lipinski definition) is 8. The molecule has 1 aromatic heterocycles. The van der Waals surface area contributed by atoms with Crippen LogP contribution in [0.25, 0.3) is 0 Å². The minimum Gasteiger partial charge on any atom is -0.370 e. The number of halogens is 2. The molecule has 2 aromatic rings. The molecule has 0 fully saturated rings. The van der Waals surface area contributed by atoms with Gasteiger partial charge in [-0.05, 0) is 36.5 Å². The lowest BCUT2D eigenvalue weighted by Crippen LogP contribution is -2.40. The Morgan fingerprint density at radius 2 is 2.12 bits per heavy atom. The van der Waals surface area contributed by atoms with Gasteiger partial charge in [0.1, 0.15) is 5.82 Å². The number of anilines is 1. The van der Waals surface area contributed by atoms with Crippen LogP contribution in [0.4, 0.5) is 9.52 Å². The van der Waals surface area contributed by atoms with E-state index in [-0.39, 0.29) is 39.4 Å². The van der Waals surface area contributed by atoms with Crippen molar-refractivity contribution in [1.29, 1.82) is 0 Å². The van der Waals surface area contributed by atoms with Crippen LogP contribution in [0.2, 0.25) is 1.41 Å². The van der Waals surface area contributed by atoms with Crippen molar-refractivity contribution in [3.8, 4) is 0 Å². The first kappa shape index (κ1) is 23.0. The van der Waals surface area contributed by atoms with E-state index in [9.17, 15) is 12.8 Å². The van der Waals surface area contributed by atoms with Gasteiger partial charge in [-0.15, -0.1) is 0 Å². The average molecular weight is 502 g/mol. The topological polar surface area (TPSA) is 135 Å². The first-order valence-electron chi connectivity index (χ1n) is 10.3. The fourth-order valence-corrected chi connectivity index (χ4v) is 5.32. The second-order valence-electron chi connectivity index (χ2n) is 7.38. The normalized spacial score (nSPS) is 17.0. The largest absolute Gasteiger partial charge is 0.370 e. The van der Waals surface area contributed by atoms with Crippen LogP contribution in [0.15, 0.2) is 52.3 Å². The van der Waals surface area contributed by atoms with Crippen molar-refractivity contribution in [3.05, 3.63) is 68.6 Å². The Bertz CT molecular complexity index is 1150. The highest BCUT2D eigenvalue weighted by atomic mass is 35.5. The smallest absolute Gasteiger partial charge is 0.261 e. The molecule has 2 heterocycles. The number of allylic oxidation sites excluding steroid dienone is 2. The van der Waals surface area contributed by atoms with Crippen molar-refractivity contribution in [2.45, 2.75) is 25.9 Å². The number of benzene rings is 1. The molecule has 0 radical (unpaired) electrons. The molecule has 0 aliphatic carbocycles. The zero-order valence-electron chi connectivity index (χ0n) is 18.4. The summed E-state index contributed by atoms with van der Waals surface area (Å²) in [5.41, 5.74) is 14.2. The van der Waals surface area contributed by atoms with Gasteiger partial charge in [0.2, 0.25) is 0 Å². The number of nitrogens with one attached hydrogen (secondary N) is 3. The number of sulfonamides is 1. The lowest BCUT2D eigenvalue weighted by molar-refractivity contribution is 0.419. The van der Waals surface area contributed by atoms with E-state index in [0.717, 1.165) is 22.6 Å². The van der Waals surface area contributed by atoms with Crippen LogP contribution in [0.1, 0.15) is 18.1 Å². The molecule has 1 aliphatic rings. The number of hydrogen-bond donors (Lipinski definition) is 5. The maximum absolute atomic E-state index is 13.1. The van der Waals surface area contributed by atoms with Gasteiger partial charge >= 0.3 is 0 Å². The van der Waals surface area contributed by atoms with Gasteiger partial charge in [0.15, 0.2) is 11.7 Å². The number of aromatic nitrogens is 1. The molecule has 3 rings (SSSR count). The van der Waals surface area contributed by atoms with Crippen molar-refractivity contribution >= 4 is 38.1 Å². The molecular formula is C20H26ClFN6O2S2. The molecule has 0 bridgehead atoms. The molecule has 7 N–H and O–H groups in total. The van der Waals surface area contributed by atoms with Crippen LogP contribution in [0, 0.1) is 11.0 Å². The minimum absolute atomic E-state index is 0.0126. The number of thiazole rings is 1. The fraction of sp³-hybridized carbons (Fsp3) is 0.350. The summed E-state index contributed by atoms with van der Waals surface area (Å²) in [4.78, 5) is 3.51. The SMILES string of the molecule is [2H]N1CC(S(=O)(=O)Nc2ncc(F)s2)=CC(Cl)=C1NC[C@H](Cc1ccccc1CN)[C@@H](C)N. The highest BCUT2D eigenvalue weighted by Gasteiger charge is 2.24. The van der Waals surface area contributed by atoms with E-state index >= 15 is 0 Å². The van der Waals surface area contributed by atoms with Crippen molar-refractivity contribution in [2.75, 3.05) is 17.8 Å². The summed E-state index contributed by atoms with van der Waals surface area (Å²) in [5.74, 6) is 0.285. The fourth-order valence-electron chi connectivity index (χ4n) is 3.18. The predicted octanol–water partition coefficient (Wildman–Crippen LogP) is 2.17. The van der Waals surface area contributed by atoms with E-state index in [4.69, 9.17) is 24.5 Å². The number of nitrogens with two attached hydrogens (primary N) is 2. The summed E-state index contributed by atoms with van der Waals surface area (Å²) in [5, 5.41) is 3.45. The van der Waals surface area contributed by atoms with Gasteiger partial charge in [0, 0.05) is 19.1 Å². The first-order chi connectivity index (χ1) is 15.6. The van der Waals surface area contributed by atoms with Crippen LogP contribution >= 0.6 is 22.9 Å². The zero-order valence-corrected chi connectivity index (χ0v) is 19.8. The minimum atomic E-state index is -4.05. The Labute approximate surface area is 197 Å². The number of rotatable bonds is 10. The highest BCUT2D eigenvalue weighted by molar-refractivity contribution is 7.96. The highest BCUT2D eigenvalue weighted by Crippen LogP contribution is 2.24. The number of dihydropyridines is 1. The molecule has 174 valence electrons. The van der Waals surface area contributed by atoms with Crippen molar-refractivity contribution < 1.29 is 14.2 Å². The molecule has 0 spiro atoms. The van der Waals surface area contributed by atoms with Crippen LogP contribution < -0.4 is 26.8 Å². The van der Waals surface area contributed by atoms with E-state index in [0.29, 0.717) is 30.8 Å². The van der Waals surface area contributed by atoms with Gasteiger partial charge in [-0.2, -0.15) is 4.39 Å². The third kappa shape index (κ3) is 6.20. The predicted molar refractivity (Wildman–Crippen MR) is 127 cm³/mol. The van der Waals surface area contributed by atoms with Gasteiger partial charge in [0.05, 0.1) is 22.7 Å².